The van der Waals surface area contributed by atoms with Crippen LogP contribution in [0.3, 0.4) is 0 Å². The van der Waals surface area contributed by atoms with Crippen molar-refractivity contribution in [3.8, 4) is 0 Å². The number of aromatic nitrogens is 1. The molecule has 0 amide bonds. The maximum Gasteiger partial charge on any atom is 0.305 e. The average Bonchev–Trinajstić information content (AvgIpc) is 2.59. The number of hydrogen-bond donors (Lipinski definition) is 1. The van der Waals surface area contributed by atoms with Gasteiger partial charge in [0.1, 0.15) is 6.10 Å². The van der Waals surface area contributed by atoms with Crippen molar-refractivity contribution >= 4 is 5.97 Å². The van der Waals surface area contributed by atoms with Gasteiger partial charge in [-0.05, 0) is 36.5 Å². The fraction of sp³-hybridized carbons (Fsp3) is 0.333. The third kappa shape index (κ3) is 4.67. The Kier molecular flexibility index (Phi) is 6.10. The van der Waals surface area contributed by atoms with Crippen molar-refractivity contribution in [2.75, 3.05) is 7.11 Å². The second-order valence-corrected chi connectivity index (χ2v) is 5.21. The lowest BCUT2D eigenvalue weighted by Crippen LogP contribution is -2.01. The van der Waals surface area contributed by atoms with E-state index in [4.69, 9.17) is 0 Å². The number of carbonyl (C=O) groups excluding carboxylic acids is 1. The van der Waals surface area contributed by atoms with Crippen molar-refractivity contribution in [3.63, 3.8) is 0 Å². The zero-order valence-electron chi connectivity index (χ0n) is 12.7. The monoisotopic (exact) mass is 299 g/mol. The van der Waals surface area contributed by atoms with Crippen LogP contribution in [0.25, 0.3) is 0 Å². The van der Waals surface area contributed by atoms with Gasteiger partial charge in [-0.25, -0.2) is 0 Å². The van der Waals surface area contributed by atoms with E-state index in [2.05, 4.69) is 9.72 Å². The molecule has 0 saturated carbocycles. The molecule has 0 aliphatic rings. The molecule has 0 saturated heterocycles. The van der Waals surface area contributed by atoms with Gasteiger partial charge in [-0.2, -0.15) is 0 Å². The molecule has 0 spiro atoms. The van der Waals surface area contributed by atoms with E-state index in [1.807, 2.05) is 36.4 Å². The molecular formula is C18H21NO3. The number of ether oxygens (including phenoxy) is 1. The zero-order chi connectivity index (χ0) is 15.8. The summed E-state index contributed by atoms with van der Waals surface area (Å²) in [6, 6.07) is 11.6. The van der Waals surface area contributed by atoms with Gasteiger partial charge in [-0.1, -0.05) is 30.3 Å². The lowest BCUT2D eigenvalue weighted by atomic mass is 10.00. The standard InChI is InChI=1S/C18H21NO3/c1-22-17(20)7-3-2-5-14-8-10-15(11-9-14)18(21)16-6-4-12-19-13-16/h4,6,8-13,18,21H,2-3,5,7H2,1H3. The number of hydrogen-bond acceptors (Lipinski definition) is 4. The molecule has 2 aromatic rings. The van der Waals surface area contributed by atoms with Crippen LogP contribution in [0.5, 0.6) is 0 Å². The lowest BCUT2D eigenvalue weighted by Gasteiger charge is -2.11. The number of benzene rings is 1. The molecule has 2 rings (SSSR count). The van der Waals surface area contributed by atoms with Crippen LogP contribution in [0.2, 0.25) is 0 Å². The molecule has 4 heteroatoms. The van der Waals surface area contributed by atoms with E-state index in [0.717, 1.165) is 30.4 Å². The highest BCUT2D eigenvalue weighted by atomic mass is 16.5. The quantitative estimate of drug-likeness (QED) is 0.630. The first-order chi connectivity index (χ1) is 10.7. The van der Waals surface area contributed by atoms with Gasteiger partial charge >= 0.3 is 5.97 Å². The molecule has 4 nitrogen and oxygen atoms in total. The first kappa shape index (κ1) is 16.2. The van der Waals surface area contributed by atoms with Gasteiger partial charge in [0.15, 0.2) is 0 Å². The minimum absolute atomic E-state index is 0.157. The van der Waals surface area contributed by atoms with Crippen molar-refractivity contribution in [3.05, 3.63) is 65.5 Å². The summed E-state index contributed by atoms with van der Waals surface area (Å²) in [5, 5.41) is 10.3. The molecule has 1 unspecified atom stereocenters. The van der Waals surface area contributed by atoms with Crippen LogP contribution in [0.15, 0.2) is 48.8 Å². The zero-order valence-corrected chi connectivity index (χ0v) is 12.7. The molecule has 0 aliphatic carbocycles. The second-order valence-electron chi connectivity index (χ2n) is 5.21. The molecular weight excluding hydrogens is 278 g/mol. The number of unbranched alkanes of at least 4 members (excludes halogenated alkanes) is 1. The van der Waals surface area contributed by atoms with E-state index in [-0.39, 0.29) is 5.97 Å². The van der Waals surface area contributed by atoms with Crippen LogP contribution < -0.4 is 0 Å². The molecule has 1 atom stereocenters. The Bertz CT molecular complexity index is 581. The predicted molar refractivity (Wildman–Crippen MR) is 84.3 cm³/mol. The molecule has 1 aromatic carbocycles. The minimum atomic E-state index is -0.651. The predicted octanol–water partition coefficient (Wildman–Crippen LogP) is 3.05. The summed E-state index contributed by atoms with van der Waals surface area (Å²) in [6.45, 7) is 0. The highest BCUT2D eigenvalue weighted by Crippen LogP contribution is 2.21. The highest BCUT2D eigenvalue weighted by molar-refractivity contribution is 5.68. The Morgan fingerprint density at radius 2 is 1.95 bits per heavy atom. The summed E-state index contributed by atoms with van der Waals surface area (Å²) in [7, 11) is 1.41. The van der Waals surface area contributed by atoms with Crippen molar-refractivity contribution < 1.29 is 14.6 Å². The Morgan fingerprint density at radius 1 is 1.18 bits per heavy atom. The number of aryl methyl sites for hydroxylation is 1. The number of aliphatic hydroxyl groups excluding tert-OH is 1. The van der Waals surface area contributed by atoms with Crippen LogP contribution in [0.4, 0.5) is 0 Å². The SMILES string of the molecule is COC(=O)CCCCc1ccc(C(O)c2cccnc2)cc1. The van der Waals surface area contributed by atoms with Crippen molar-refractivity contribution in [2.45, 2.75) is 31.8 Å². The van der Waals surface area contributed by atoms with E-state index >= 15 is 0 Å². The highest BCUT2D eigenvalue weighted by Gasteiger charge is 2.10. The van der Waals surface area contributed by atoms with Crippen LogP contribution in [-0.4, -0.2) is 23.2 Å². The molecule has 22 heavy (non-hydrogen) atoms. The summed E-state index contributed by atoms with van der Waals surface area (Å²) in [5.74, 6) is -0.157. The van der Waals surface area contributed by atoms with Gasteiger partial charge in [0.05, 0.1) is 7.11 Å². The first-order valence-electron chi connectivity index (χ1n) is 7.44. The smallest absolute Gasteiger partial charge is 0.305 e. The summed E-state index contributed by atoms with van der Waals surface area (Å²) < 4.78 is 4.61. The summed E-state index contributed by atoms with van der Waals surface area (Å²) >= 11 is 0. The van der Waals surface area contributed by atoms with E-state index < -0.39 is 6.10 Å². The molecule has 0 bridgehead atoms. The van der Waals surface area contributed by atoms with Crippen molar-refractivity contribution in [2.24, 2.45) is 0 Å². The van der Waals surface area contributed by atoms with Gasteiger partial charge < -0.3 is 9.84 Å². The molecule has 1 heterocycles. The number of aliphatic hydroxyl groups is 1. The third-order valence-electron chi connectivity index (χ3n) is 3.62. The lowest BCUT2D eigenvalue weighted by molar-refractivity contribution is -0.140. The van der Waals surface area contributed by atoms with E-state index in [1.54, 1.807) is 12.4 Å². The maximum atomic E-state index is 11.0. The number of methoxy groups -OCH3 is 1. The van der Waals surface area contributed by atoms with Crippen LogP contribution in [0.1, 0.15) is 42.1 Å². The van der Waals surface area contributed by atoms with Gasteiger partial charge in [0.25, 0.3) is 0 Å². The van der Waals surface area contributed by atoms with Gasteiger partial charge in [-0.15, -0.1) is 0 Å². The molecule has 1 aromatic heterocycles. The van der Waals surface area contributed by atoms with Gasteiger partial charge in [-0.3, -0.25) is 9.78 Å². The Hall–Kier alpha value is -2.20. The molecule has 116 valence electrons. The number of pyridine rings is 1. The van der Waals surface area contributed by atoms with Crippen molar-refractivity contribution in [1.29, 1.82) is 0 Å². The Balaban J connectivity index is 1.86. The second kappa shape index (κ2) is 8.29. The minimum Gasteiger partial charge on any atom is -0.469 e. The summed E-state index contributed by atoms with van der Waals surface area (Å²) in [5.41, 5.74) is 2.84. The third-order valence-corrected chi connectivity index (χ3v) is 3.62. The molecule has 0 fully saturated rings. The molecule has 0 radical (unpaired) electrons. The maximum absolute atomic E-state index is 11.0. The van der Waals surface area contributed by atoms with E-state index in [9.17, 15) is 9.90 Å². The summed E-state index contributed by atoms with van der Waals surface area (Å²) in [4.78, 5) is 15.0. The fourth-order valence-corrected chi connectivity index (χ4v) is 2.30. The summed E-state index contributed by atoms with van der Waals surface area (Å²) in [6.07, 6.45) is 5.86. The normalized spacial score (nSPS) is 11.9. The number of carbonyl (C=O) groups is 1. The van der Waals surface area contributed by atoms with E-state index in [0.29, 0.717) is 6.42 Å². The van der Waals surface area contributed by atoms with Crippen molar-refractivity contribution in [1.82, 2.24) is 4.98 Å². The Labute approximate surface area is 130 Å². The number of nitrogens with zero attached hydrogens (tertiary/aromatic N) is 1. The van der Waals surface area contributed by atoms with Crippen LogP contribution in [-0.2, 0) is 16.0 Å². The largest absolute Gasteiger partial charge is 0.469 e. The number of esters is 1. The molecule has 1 N–H and O–H groups in total. The fourth-order valence-electron chi connectivity index (χ4n) is 2.30. The van der Waals surface area contributed by atoms with E-state index in [1.165, 1.54) is 12.7 Å². The van der Waals surface area contributed by atoms with Gasteiger partial charge in [0, 0.05) is 24.4 Å². The number of rotatable bonds is 7. The van der Waals surface area contributed by atoms with Crippen LogP contribution >= 0.6 is 0 Å². The topological polar surface area (TPSA) is 59.4 Å². The average molecular weight is 299 g/mol. The van der Waals surface area contributed by atoms with Crippen LogP contribution in [0, 0.1) is 0 Å². The first-order valence-corrected chi connectivity index (χ1v) is 7.44. The Morgan fingerprint density at radius 3 is 2.59 bits per heavy atom. The molecule has 0 aliphatic heterocycles. The van der Waals surface area contributed by atoms with Gasteiger partial charge in [0.2, 0.25) is 0 Å².